The van der Waals surface area contributed by atoms with Crippen molar-refractivity contribution in [3.8, 4) is 11.3 Å². The maximum Gasteiger partial charge on any atom is 0.408 e. The Kier molecular flexibility index (Phi) is 5.15. The summed E-state index contributed by atoms with van der Waals surface area (Å²) in [5, 5.41) is 16.4. The first kappa shape index (κ1) is 23.0. The van der Waals surface area contributed by atoms with Crippen LogP contribution in [0.25, 0.3) is 33.1 Å². The highest BCUT2D eigenvalue weighted by Gasteiger charge is 2.52. The van der Waals surface area contributed by atoms with E-state index < -0.39 is 18.3 Å². The highest BCUT2D eigenvalue weighted by molar-refractivity contribution is 6.03. The van der Waals surface area contributed by atoms with Crippen molar-refractivity contribution in [3.05, 3.63) is 48.5 Å². The molecule has 1 saturated heterocycles. The number of fused-ring (bicyclic) bond motifs is 4. The van der Waals surface area contributed by atoms with Crippen LogP contribution in [-0.2, 0) is 6.54 Å². The van der Waals surface area contributed by atoms with Gasteiger partial charge in [-0.3, -0.25) is 14.5 Å². The average Bonchev–Trinajstić information content (AvgIpc) is 3.45. The number of carbonyl (C=O) groups excluding carboxylic acids is 1. The lowest BCUT2D eigenvalue weighted by Gasteiger charge is -2.44. The van der Waals surface area contributed by atoms with Crippen molar-refractivity contribution in [2.45, 2.75) is 44.5 Å². The molecule has 4 aromatic rings. The van der Waals surface area contributed by atoms with Gasteiger partial charge >= 0.3 is 6.18 Å². The van der Waals surface area contributed by atoms with E-state index in [1.165, 1.54) is 18.5 Å². The maximum atomic E-state index is 13.4. The number of piperidine rings is 1. The minimum absolute atomic E-state index is 0.00865. The van der Waals surface area contributed by atoms with Crippen LogP contribution >= 0.6 is 0 Å². The third kappa shape index (κ3) is 3.57. The van der Waals surface area contributed by atoms with E-state index in [1.54, 1.807) is 11.0 Å². The maximum absolute atomic E-state index is 13.4. The summed E-state index contributed by atoms with van der Waals surface area (Å²) < 4.78 is 46.7. The van der Waals surface area contributed by atoms with Gasteiger partial charge in [-0.05, 0) is 31.4 Å². The molecule has 1 N–H and O–H groups in total. The van der Waals surface area contributed by atoms with Gasteiger partial charge in [0.15, 0.2) is 0 Å². The van der Waals surface area contributed by atoms with Gasteiger partial charge in [-0.2, -0.15) is 18.3 Å². The number of likely N-dealkylation sites (tertiary alicyclic amines) is 1. The number of aromatic nitrogens is 3. The minimum atomic E-state index is -4.50. The van der Waals surface area contributed by atoms with Crippen LogP contribution in [0.15, 0.2) is 47.2 Å². The van der Waals surface area contributed by atoms with Crippen molar-refractivity contribution in [2.24, 2.45) is 11.8 Å². The number of benzene rings is 1. The van der Waals surface area contributed by atoms with Crippen LogP contribution in [0.1, 0.15) is 36.7 Å². The van der Waals surface area contributed by atoms with Gasteiger partial charge in [0, 0.05) is 47.5 Å². The molecule has 2 unspecified atom stereocenters. The summed E-state index contributed by atoms with van der Waals surface area (Å²) in [6.45, 7) is 1.48. The number of nitrogens with zero attached hydrogens (tertiary/aromatic N) is 4. The SMILES string of the molecule is CCC1(O)C2CCC1CN(C(=O)c1cc3c(cn1)c(-c1coc4ccccc14)nn3CC(F)(F)F)C2. The fraction of sp³-hybridized carbons (Fsp3) is 0.423. The molecule has 1 aliphatic carbocycles. The number of carbonyl (C=O) groups is 1. The molecule has 4 heterocycles. The monoisotopic (exact) mass is 498 g/mol. The number of aliphatic hydroxyl groups is 1. The summed E-state index contributed by atoms with van der Waals surface area (Å²) in [5.74, 6) is -0.363. The van der Waals surface area contributed by atoms with E-state index in [9.17, 15) is 23.1 Å². The van der Waals surface area contributed by atoms with Gasteiger partial charge in [0.2, 0.25) is 0 Å². The summed E-state index contributed by atoms with van der Waals surface area (Å²) in [7, 11) is 0. The number of alkyl halides is 3. The van der Waals surface area contributed by atoms with Gasteiger partial charge in [-0.15, -0.1) is 0 Å². The van der Waals surface area contributed by atoms with Gasteiger partial charge in [0.1, 0.15) is 29.8 Å². The van der Waals surface area contributed by atoms with Crippen LogP contribution < -0.4 is 0 Å². The van der Waals surface area contributed by atoms with E-state index in [0.717, 1.165) is 22.9 Å². The van der Waals surface area contributed by atoms with Crippen molar-refractivity contribution >= 4 is 27.8 Å². The largest absolute Gasteiger partial charge is 0.464 e. The number of rotatable bonds is 4. The lowest BCUT2D eigenvalue weighted by Crippen LogP contribution is -2.55. The highest BCUT2D eigenvalue weighted by atomic mass is 19.4. The summed E-state index contributed by atoms with van der Waals surface area (Å²) in [6.07, 6.45) is 0.731. The van der Waals surface area contributed by atoms with E-state index in [-0.39, 0.29) is 29.0 Å². The molecule has 1 amide bonds. The Bertz CT molecular complexity index is 1460. The number of halogens is 3. The molecule has 2 aliphatic rings. The molecular weight excluding hydrogens is 473 g/mol. The Morgan fingerprint density at radius 1 is 1.19 bits per heavy atom. The number of pyridine rings is 1. The van der Waals surface area contributed by atoms with Gasteiger partial charge < -0.3 is 14.4 Å². The van der Waals surface area contributed by atoms with Crippen LogP contribution in [0.5, 0.6) is 0 Å². The van der Waals surface area contributed by atoms with Crippen molar-refractivity contribution in [3.63, 3.8) is 0 Å². The molecule has 2 fully saturated rings. The van der Waals surface area contributed by atoms with Crippen LogP contribution in [0.4, 0.5) is 13.2 Å². The van der Waals surface area contributed by atoms with Crippen LogP contribution in [0.2, 0.25) is 0 Å². The second-order valence-electron chi connectivity index (χ2n) is 9.88. The minimum Gasteiger partial charge on any atom is -0.464 e. The normalized spacial score (nSPS) is 24.2. The first-order chi connectivity index (χ1) is 17.2. The van der Waals surface area contributed by atoms with Crippen molar-refractivity contribution in [1.82, 2.24) is 19.7 Å². The van der Waals surface area contributed by atoms with E-state index in [1.807, 2.05) is 25.1 Å². The zero-order valence-corrected chi connectivity index (χ0v) is 19.6. The molecule has 1 aliphatic heterocycles. The second-order valence-corrected chi connectivity index (χ2v) is 9.88. The molecule has 36 heavy (non-hydrogen) atoms. The lowest BCUT2D eigenvalue weighted by molar-refractivity contribution is -0.141. The lowest BCUT2D eigenvalue weighted by atomic mass is 9.78. The second kappa shape index (κ2) is 8.06. The Balaban J connectivity index is 1.40. The van der Waals surface area contributed by atoms with Gasteiger partial charge in [0.25, 0.3) is 5.91 Å². The summed E-state index contributed by atoms with van der Waals surface area (Å²) in [4.78, 5) is 19.4. The molecule has 3 aromatic heterocycles. The van der Waals surface area contributed by atoms with Crippen molar-refractivity contribution < 1.29 is 27.5 Å². The topological polar surface area (TPSA) is 84.4 Å². The zero-order chi connectivity index (χ0) is 25.2. The Labute approximate surface area is 204 Å². The number of para-hydroxylation sites is 1. The number of furan rings is 1. The summed E-state index contributed by atoms with van der Waals surface area (Å²) in [6, 6.07) is 8.61. The number of amides is 1. The van der Waals surface area contributed by atoms with Gasteiger partial charge in [-0.1, -0.05) is 25.1 Å². The first-order valence-electron chi connectivity index (χ1n) is 12.1. The summed E-state index contributed by atoms with van der Waals surface area (Å²) in [5.41, 5.74) is 0.949. The average molecular weight is 499 g/mol. The summed E-state index contributed by atoms with van der Waals surface area (Å²) >= 11 is 0. The molecule has 0 spiro atoms. The van der Waals surface area contributed by atoms with Crippen molar-refractivity contribution in [2.75, 3.05) is 13.1 Å². The molecule has 1 saturated carbocycles. The van der Waals surface area contributed by atoms with Crippen molar-refractivity contribution in [1.29, 1.82) is 0 Å². The van der Waals surface area contributed by atoms with E-state index in [4.69, 9.17) is 4.42 Å². The van der Waals surface area contributed by atoms with Crippen LogP contribution in [-0.4, -0.2) is 55.5 Å². The number of hydrogen-bond acceptors (Lipinski definition) is 5. The van der Waals surface area contributed by atoms with Crippen LogP contribution in [0.3, 0.4) is 0 Å². The molecule has 0 radical (unpaired) electrons. The fourth-order valence-electron chi connectivity index (χ4n) is 6.08. The molecule has 7 nitrogen and oxygen atoms in total. The standard InChI is InChI=1S/C26H25F3N4O3/c1-2-25(35)15-7-8-16(25)12-32(11-15)24(34)20-9-21-18(10-30-20)23(31-33(21)14-26(27,28)29)19-13-36-22-6-4-3-5-17(19)22/h3-6,9-10,13,15-16,35H,2,7-8,11-12,14H2,1H3. The smallest absolute Gasteiger partial charge is 0.408 e. The van der Waals surface area contributed by atoms with Gasteiger partial charge in [0.05, 0.1) is 11.1 Å². The van der Waals surface area contributed by atoms with Gasteiger partial charge in [-0.25, -0.2) is 0 Å². The number of hydrogen-bond donors (Lipinski definition) is 1. The molecule has 1 aromatic carbocycles. The Morgan fingerprint density at radius 2 is 1.92 bits per heavy atom. The molecule has 2 atom stereocenters. The molecule has 188 valence electrons. The van der Waals surface area contributed by atoms with Crippen LogP contribution in [0, 0.1) is 11.8 Å². The Morgan fingerprint density at radius 3 is 2.61 bits per heavy atom. The fourth-order valence-corrected chi connectivity index (χ4v) is 6.08. The molecule has 6 rings (SSSR count). The molecule has 2 bridgehead atoms. The zero-order valence-electron chi connectivity index (χ0n) is 19.6. The van der Waals surface area contributed by atoms with E-state index in [0.29, 0.717) is 41.7 Å². The Hall–Kier alpha value is -3.40. The molecule has 10 heteroatoms. The predicted octanol–water partition coefficient (Wildman–Crippen LogP) is 5.03. The van der Waals surface area contributed by atoms with E-state index in [2.05, 4.69) is 10.1 Å². The van der Waals surface area contributed by atoms with E-state index >= 15 is 0 Å². The third-order valence-corrected chi connectivity index (χ3v) is 7.93. The first-order valence-corrected chi connectivity index (χ1v) is 12.1. The molecular formula is C26H25F3N4O3. The quantitative estimate of drug-likeness (QED) is 0.427. The highest BCUT2D eigenvalue weighted by Crippen LogP contribution is 2.47. The third-order valence-electron chi connectivity index (χ3n) is 7.93. The predicted molar refractivity (Wildman–Crippen MR) is 126 cm³/mol.